The number of nitrogens with two attached hydrogens (primary N) is 1. The van der Waals surface area contributed by atoms with Gasteiger partial charge in [-0.2, -0.15) is 0 Å². The molecule has 0 bridgehead atoms. The average Bonchev–Trinajstić information content (AvgIpc) is 2.13. The standard InChI is InChI=1S/C10H11N5OS/c1-5-3-8(16)15-10(12-5)17-9-4-7(11)13-6(2)14-9/h3-4H,1-2H3,(H2,11,13,14)(H,12,15,16). The molecule has 0 aliphatic rings. The van der Waals surface area contributed by atoms with Crippen LogP contribution in [-0.2, 0) is 0 Å². The Morgan fingerprint density at radius 3 is 2.65 bits per heavy atom. The minimum atomic E-state index is -0.182. The molecule has 0 unspecified atom stereocenters. The number of hydrogen-bond donors (Lipinski definition) is 2. The van der Waals surface area contributed by atoms with Crippen LogP contribution in [0.4, 0.5) is 5.82 Å². The molecular weight excluding hydrogens is 238 g/mol. The summed E-state index contributed by atoms with van der Waals surface area (Å²) in [5.41, 5.74) is 6.10. The van der Waals surface area contributed by atoms with E-state index in [9.17, 15) is 4.79 Å². The molecule has 3 N–H and O–H groups in total. The monoisotopic (exact) mass is 249 g/mol. The Kier molecular flexibility index (Phi) is 3.10. The number of anilines is 1. The van der Waals surface area contributed by atoms with Gasteiger partial charge in [0.25, 0.3) is 5.56 Å². The zero-order chi connectivity index (χ0) is 12.4. The van der Waals surface area contributed by atoms with E-state index in [0.717, 1.165) is 0 Å². The van der Waals surface area contributed by atoms with Gasteiger partial charge in [-0.1, -0.05) is 0 Å². The molecule has 0 radical (unpaired) electrons. The molecule has 2 rings (SSSR count). The Morgan fingerprint density at radius 1 is 1.24 bits per heavy atom. The van der Waals surface area contributed by atoms with Crippen molar-refractivity contribution in [3.8, 4) is 0 Å². The van der Waals surface area contributed by atoms with Crippen LogP contribution in [0.25, 0.3) is 0 Å². The second-order valence-electron chi connectivity index (χ2n) is 3.47. The molecule has 0 spiro atoms. The van der Waals surface area contributed by atoms with Gasteiger partial charge in [0.2, 0.25) is 0 Å². The Morgan fingerprint density at radius 2 is 2.00 bits per heavy atom. The molecule has 0 saturated carbocycles. The third kappa shape index (κ3) is 3.04. The summed E-state index contributed by atoms with van der Waals surface area (Å²) in [6, 6.07) is 3.07. The van der Waals surface area contributed by atoms with Crippen LogP contribution >= 0.6 is 11.8 Å². The summed E-state index contributed by atoms with van der Waals surface area (Å²) in [6.07, 6.45) is 0. The number of aromatic nitrogens is 4. The van der Waals surface area contributed by atoms with Crippen molar-refractivity contribution >= 4 is 17.6 Å². The van der Waals surface area contributed by atoms with Gasteiger partial charge in [-0.15, -0.1) is 0 Å². The predicted molar refractivity (Wildman–Crippen MR) is 64.9 cm³/mol. The molecule has 2 aromatic rings. The van der Waals surface area contributed by atoms with E-state index < -0.39 is 0 Å². The fourth-order valence-electron chi connectivity index (χ4n) is 1.31. The summed E-state index contributed by atoms with van der Waals surface area (Å²) in [7, 11) is 0. The summed E-state index contributed by atoms with van der Waals surface area (Å²) in [5.74, 6) is 0.984. The lowest BCUT2D eigenvalue weighted by Crippen LogP contribution is -2.08. The van der Waals surface area contributed by atoms with Crippen LogP contribution < -0.4 is 11.3 Å². The zero-order valence-electron chi connectivity index (χ0n) is 9.39. The Labute approximate surface area is 102 Å². The minimum absolute atomic E-state index is 0.182. The molecule has 7 heteroatoms. The first-order chi connectivity index (χ1) is 8.02. The highest BCUT2D eigenvalue weighted by Gasteiger charge is 2.05. The number of rotatable bonds is 2. The Bertz CT molecular complexity index is 590. The number of nitrogen functional groups attached to an aromatic ring is 1. The second-order valence-corrected chi connectivity index (χ2v) is 4.48. The van der Waals surface area contributed by atoms with Crippen molar-refractivity contribution < 1.29 is 0 Å². The minimum Gasteiger partial charge on any atom is -0.384 e. The van der Waals surface area contributed by atoms with Crippen LogP contribution in [0.3, 0.4) is 0 Å². The molecule has 0 atom stereocenters. The van der Waals surface area contributed by atoms with E-state index in [1.165, 1.54) is 17.8 Å². The largest absolute Gasteiger partial charge is 0.384 e. The van der Waals surface area contributed by atoms with Crippen molar-refractivity contribution in [1.29, 1.82) is 0 Å². The maximum absolute atomic E-state index is 11.3. The molecule has 2 heterocycles. The number of hydrogen-bond acceptors (Lipinski definition) is 6. The van der Waals surface area contributed by atoms with E-state index in [2.05, 4.69) is 19.9 Å². The van der Waals surface area contributed by atoms with Crippen molar-refractivity contribution in [2.24, 2.45) is 0 Å². The Balaban J connectivity index is 2.34. The van der Waals surface area contributed by atoms with E-state index >= 15 is 0 Å². The van der Waals surface area contributed by atoms with Crippen LogP contribution in [0.1, 0.15) is 11.5 Å². The van der Waals surface area contributed by atoms with Crippen molar-refractivity contribution in [2.75, 3.05) is 5.73 Å². The number of H-pyrrole nitrogens is 1. The normalized spacial score (nSPS) is 10.5. The predicted octanol–water partition coefficient (Wildman–Crippen LogP) is 0.910. The number of nitrogens with zero attached hydrogens (tertiary/aromatic N) is 3. The average molecular weight is 249 g/mol. The highest BCUT2D eigenvalue weighted by atomic mass is 32.2. The van der Waals surface area contributed by atoms with Gasteiger partial charge in [0.05, 0.1) is 0 Å². The van der Waals surface area contributed by atoms with Crippen LogP contribution in [-0.4, -0.2) is 19.9 Å². The lowest BCUT2D eigenvalue weighted by atomic mass is 10.5. The van der Waals surface area contributed by atoms with Gasteiger partial charge in [-0.05, 0) is 25.6 Å². The lowest BCUT2D eigenvalue weighted by Gasteiger charge is -2.02. The van der Waals surface area contributed by atoms with E-state index in [1.807, 2.05) is 0 Å². The molecule has 6 nitrogen and oxygen atoms in total. The van der Waals surface area contributed by atoms with Gasteiger partial charge < -0.3 is 10.7 Å². The maximum atomic E-state index is 11.3. The highest BCUT2D eigenvalue weighted by molar-refractivity contribution is 7.99. The van der Waals surface area contributed by atoms with Gasteiger partial charge in [-0.25, -0.2) is 15.0 Å². The smallest absolute Gasteiger partial charge is 0.251 e. The fourth-order valence-corrected chi connectivity index (χ4v) is 2.21. The summed E-state index contributed by atoms with van der Waals surface area (Å²) in [4.78, 5) is 26.3. The van der Waals surface area contributed by atoms with Crippen LogP contribution in [0, 0.1) is 13.8 Å². The summed E-state index contributed by atoms with van der Waals surface area (Å²) >= 11 is 1.25. The third-order valence-corrected chi connectivity index (χ3v) is 2.69. The number of aromatic amines is 1. The maximum Gasteiger partial charge on any atom is 0.251 e. The van der Waals surface area contributed by atoms with Gasteiger partial charge in [0, 0.05) is 17.8 Å². The van der Waals surface area contributed by atoms with Crippen molar-refractivity contribution in [2.45, 2.75) is 24.0 Å². The van der Waals surface area contributed by atoms with E-state index in [4.69, 9.17) is 5.73 Å². The number of nitrogens with one attached hydrogen (secondary N) is 1. The fraction of sp³-hybridized carbons (Fsp3) is 0.200. The molecule has 88 valence electrons. The topological polar surface area (TPSA) is 97.5 Å². The molecular formula is C10H11N5OS. The van der Waals surface area contributed by atoms with Crippen LogP contribution in [0.15, 0.2) is 27.1 Å². The molecule has 0 fully saturated rings. The summed E-state index contributed by atoms with van der Waals surface area (Å²) < 4.78 is 0. The first kappa shape index (κ1) is 11.6. The van der Waals surface area contributed by atoms with E-state index in [1.54, 1.807) is 19.9 Å². The molecule has 0 saturated heterocycles. The molecule has 0 aliphatic heterocycles. The lowest BCUT2D eigenvalue weighted by molar-refractivity contribution is 0.896. The number of aryl methyl sites for hydroxylation is 2. The SMILES string of the molecule is Cc1cc(=O)[nH]c(Sc2cc(N)nc(C)n2)n1. The van der Waals surface area contributed by atoms with Crippen molar-refractivity contribution in [3.63, 3.8) is 0 Å². The van der Waals surface area contributed by atoms with E-state index in [0.29, 0.717) is 27.5 Å². The van der Waals surface area contributed by atoms with Gasteiger partial charge >= 0.3 is 0 Å². The Hall–Kier alpha value is -1.89. The molecule has 2 aromatic heterocycles. The van der Waals surface area contributed by atoms with Crippen molar-refractivity contribution in [3.05, 3.63) is 34.0 Å². The molecule has 0 amide bonds. The zero-order valence-corrected chi connectivity index (χ0v) is 10.2. The molecule has 0 aromatic carbocycles. The van der Waals surface area contributed by atoms with Crippen molar-refractivity contribution in [1.82, 2.24) is 19.9 Å². The summed E-state index contributed by atoms with van der Waals surface area (Å²) in [6.45, 7) is 3.52. The molecule has 0 aliphatic carbocycles. The highest BCUT2D eigenvalue weighted by Crippen LogP contribution is 2.22. The first-order valence-electron chi connectivity index (χ1n) is 4.90. The van der Waals surface area contributed by atoms with E-state index in [-0.39, 0.29) is 5.56 Å². The quantitative estimate of drug-likeness (QED) is 0.606. The van der Waals surface area contributed by atoms with Crippen LogP contribution in [0.2, 0.25) is 0 Å². The van der Waals surface area contributed by atoms with Crippen LogP contribution in [0.5, 0.6) is 0 Å². The third-order valence-electron chi connectivity index (χ3n) is 1.88. The second kappa shape index (κ2) is 4.54. The first-order valence-corrected chi connectivity index (χ1v) is 5.71. The summed E-state index contributed by atoms with van der Waals surface area (Å²) in [5, 5.41) is 1.15. The molecule has 17 heavy (non-hydrogen) atoms. The van der Waals surface area contributed by atoms with Gasteiger partial charge in [0.15, 0.2) is 5.16 Å². The van der Waals surface area contributed by atoms with Gasteiger partial charge in [-0.3, -0.25) is 4.79 Å². The van der Waals surface area contributed by atoms with Gasteiger partial charge in [0.1, 0.15) is 16.7 Å².